The Morgan fingerprint density at radius 2 is 2.30 bits per heavy atom. The molecule has 0 radical (unpaired) electrons. The maximum Gasteiger partial charge on any atom is 0.230 e. The molecule has 0 aliphatic heterocycles. The molecular formula is C16H21ClN4OS. The van der Waals surface area contributed by atoms with Crippen molar-refractivity contribution in [3.8, 4) is 0 Å². The number of hydrogen-bond acceptors (Lipinski definition) is 4. The first-order chi connectivity index (χ1) is 11.0. The lowest BCUT2D eigenvalue weighted by Gasteiger charge is -2.34. The lowest BCUT2D eigenvalue weighted by Crippen LogP contribution is -2.44. The van der Waals surface area contributed by atoms with E-state index in [4.69, 9.17) is 11.6 Å². The third kappa shape index (κ3) is 3.98. The van der Waals surface area contributed by atoms with E-state index in [0.29, 0.717) is 39.5 Å². The summed E-state index contributed by atoms with van der Waals surface area (Å²) in [6.07, 6.45) is 5.10. The van der Waals surface area contributed by atoms with Gasteiger partial charge in [-0.3, -0.25) is 4.79 Å². The highest BCUT2D eigenvalue weighted by molar-refractivity contribution is 7.99. The van der Waals surface area contributed by atoms with Crippen molar-refractivity contribution in [1.82, 2.24) is 20.3 Å². The van der Waals surface area contributed by atoms with Crippen LogP contribution in [0.5, 0.6) is 0 Å². The van der Waals surface area contributed by atoms with Gasteiger partial charge in [-0.25, -0.2) is 9.97 Å². The Morgan fingerprint density at radius 3 is 3.13 bits per heavy atom. The number of nitrogens with zero attached hydrogens (tertiary/aromatic N) is 2. The zero-order chi connectivity index (χ0) is 16.4. The van der Waals surface area contributed by atoms with Gasteiger partial charge in [0.2, 0.25) is 5.91 Å². The molecule has 0 saturated heterocycles. The van der Waals surface area contributed by atoms with E-state index in [1.165, 1.54) is 24.6 Å². The van der Waals surface area contributed by atoms with Gasteiger partial charge in [0.1, 0.15) is 0 Å². The number of H-pyrrole nitrogens is 1. The number of carbonyl (C=O) groups excluding carboxylic acids is 1. The van der Waals surface area contributed by atoms with Crippen LogP contribution < -0.4 is 5.32 Å². The second kappa shape index (κ2) is 7.09. The van der Waals surface area contributed by atoms with E-state index in [1.54, 1.807) is 12.3 Å². The first-order valence-corrected chi connectivity index (χ1v) is 9.32. The Bertz CT molecular complexity index is 704. The second-order valence-corrected chi connectivity index (χ2v) is 7.70. The molecule has 3 atom stereocenters. The fourth-order valence-corrected chi connectivity index (χ4v) is 3.93. The summed E-state index contributed by atoms with van der Waals surface area (Å²) in [5.74, 6) is 1.63. The van der Waals surface area contributed by atoms with Gasteiger partial charge in [0.25, 0.3) is 0 Å². The van der Waals surface area contributed by atoms with Crippen molar-refractivity contribution in [1.29, 1.82) is 0 Å². The maximum atomic E-state index is 12.2. The van der Waals surface area contributed by atoms with Crippen LogP contribution in [0, 0.1) is 11.8 Å². The Morgan fingerprint density at radius 1 is 1.48 bits per heavy atom. The number of imidazole rings is 1. The van der Waals surface area contributed by atoms with E-state index in [1.807, 2.05) is 0 Å². The molecule has 0 bridgehead atoms. The second-order valence-electron chi connectivity index (χ2n) is 6.30. The van der Waals surface area contributed by atoms with Crippen LogP contribution in [-0.4, -0.2) is 32.7 Å². The molecule has 2 aromatic rings. The van der Waals surface area contributed by atoms with Gasteiger partial charge in [0.05, 0.1) is 16.3 Å². The molecule has 1 saturated carbocycles. The Balaban J connectivity index is 1.55. The van der Waals surface area contributed by atoms with Gasteiger partial charge in [0, 0.05) is 12.2 Å². The molecule has 2 heterocycles. The van der Waals surface area contributed by atoms with Crippen LogP contribution in [0.2, 0.25) is 5.02 Å². The van der Waals surface area contributed by atoms with E-state index >= 15 is 0 Å². The summed E-state index contributed by atoms with van der Waals surface area (Å²) in [5.41, 5.74) is 1.40. The van der Waals surface area contributed by atoms with Crippen molar-refractivity contribution >= 4 is 40.4 Å². The normalized spacial score (nSPS) is 24.7. The maximum absolute atomic E-state index is 12.2. The number of carbonyl (C=O) groups is 1. The predicted octanol–water partition coefficient (Wildman–Crippen LogP) is 3.64. The minimum Gasteiger partial charge on any atom is -0.352 e. The van der Waals surface area contributed by atoms with Gasteiger partial charge in [-0.1, -0.05) is 50.1 Å². The smallest absolute Gasteiger partial charge is 0.230 e. The molecule has 0 unspecified atom stereocenters. The quantitative estimate of drug-likeness (QED) is 0.824. The van der Waals surface area contributed by atoms with Crippen LogP contribution in [-0.2, 0) is 4.79 Å². The van der Waals surface area contributed by atoms with Gasteiger partial charge in [-0.05, 0) is 24.3 Å². The molecule has 1 fully saturated rings. The number of rotatable bonds is 4. The summed E-state index contributed by atoms with van der Waals surface area (Å²) >= 11 is 7.30. The van der Waals surface area contributed by atoms with Gasteiger partial charge in [0.15, 0.2) is 10.8 Å². The number of halogens is 1. The molecule has 23 heavy (non-hydrogen) atoms. The summed E-state index contributed by atoms with van der Waals surface area (Å²) in [6.45, 7) is 4.50. The number of aromatic nitrogens is 3. The van der Waals surface area contributed by atoms with Crippen LogP contribution in [0.3, 0.4) is 0 Å². The van der Waals surface area contributed by atoms with Crippen molar-refractivity contribution in [3.63, 3.8) is 0 Å². The Hall–Kier alpha value is -1.27. The van der Waals surface area contributed by atoms with E-state index < -0.39 is 0 Å². The molecule has 0 aromatic carbocycles. The van der Waals surface area contributed by atoms with Gasteiger partial charge in [-0.15, -0.1) is 0 Å². The van der Waals surface area contributed by atoms with Gasteiger partial charge < -0.3 is 10.3 Å². The van der Waals surface area contributed by atoms with Crippen molar-refractivity contribution in [2.45, 2.75) is 44.3 Å². The van der Waals surface area contributed by atoms with Gasteiger partial charge in [-0.2, -0.15) is 0 Å². The van der Waals surface area contributed by atoms with Crippen LogP contribution >= 0.6 is 23.4 Å². The SMILES string of the molecule is C[C@@H]1[C@H](C)CCC[C@H]1NC(=O)CSc1nc2ncc(Cl)cc2[nH]1. The Labute approximate surface area is 145 Å². The molecule has 1 aliphatic carbocycles. The van der Waals surface area contributed by atoms with Crippen LogP contribution in [0.15, 0.2) is 17.4 Å². The monoisotopic (exact) mass is 352 g/mol. The minimum absolute atomic E-state index is 0.0624. The number of nitrogens with one attached hydrogen (secondary N) is 2. The fourth-order valence-electron chi connectivity index (χ4n) is 3.09. The summed E-state index contributed by atoms with van der Waals surface area (Å²) in [6, 6.07) is 2.08. The summed E-state index contributed by atoms with van der Waals surface area (Å²) < 4.78 is 0. The Kier molecular flexibility index (Phi) is 5.11. The molecule has 0 spiro atoms. The van der Waals surface area contributed by atoms with E-state index in [9.17, 15) is 4.79 Å². The highest BCUT2D eigenvalue weighted by Crippen LogP contribution is 2.29. The zero-order valence-corrected chi connectivity index (χ0v) is 14.9. The first-order valence-electron chi connectivity index (χ1n) is 7.96. The van der Waals surface area contributed by atoms with Gasteiger partial charge >= 0.3 is 0 Å². The lowest BCUT2D eigenvalue weighted by atomic mass is 9.78. The topological polar surface area (TPSA) is 70.7 Å². The largest absolute Gasteiger partial charge is 0.352 e. The number of hydrogen-bond donors (Lipinski definition) is 2. The molecule has 2 aromatic heterocycles. The molecule has 1 amide bonds. The lowest BCUT2D eigenvalue weighted by molar-refractivity contribution is -0.120. The van der Waals surface area contributed by atoms with Crippen LogP contribution in [0.4, 0.5) is 0 Å². The molecular weight excluding hydrogens is 332 g/mol. The summed E-state index contributed by atoms with van der Waals surface area (Å²) in [5, 5.41) is 4.43. The van der Waals surface area contributed by atoms with E-state index in [0.717, 1.165) is 11.9 Å². The molecule has 124 valence electrons. The average Bonchev–Trinajstić information content (AvgIpc) is 2.92. The summed E-state index contributed by atoms with van der Waals surface area (Å²) in [4.78, 5) is 23.8. The standard InChI is InChI=1S/C16H21ClN4OS/c1-9-4-3-5-12(10(9)2)19-14(22)8-23-16-20-13-6-11(17)7-18-15(13)21-16/h6-7,9-10,12H,3-5,8H2,1-2H3,(H,19,22)(H,18,20,21)/t9-,10-,12-/m1/s1. The van der Waals surface area contributed by atoms with Crippen molar-refractivity contribution in [3.05, 3.63) is 17.3 Å². The molecule has 5 nitrogen and oxygen atoms in total. The third-order valence-corrected chi connectivity index (χ3v) is 5.76. The number of aromatic amines is 1. The summed E-state index contributed by atoms with van der Waals surface area (Å²) in [7, 11) is 0. The first kappa shape index (κ1) is 16.6. The van der Waals surface area contributed by atoms with Crippen molar-refractivity contribution in [2.75, 3.05) is 5.75 Å². The number of thioether (sulfide) groups is 1. The molecule has 7 heteroatoms. The van der Waals surface area contributed by atoms with E-state index in [2.05, 4.69) is 34.1 Å². The number of pyridine rings is 1. The number of amides is 1. The van der Waals surface area contributed by atoms with Crippen molar-refractivity contribution < 1.29 is 4.79 Å². The fraction of sp³-hybridized carbons (Fsp3) is 0.562. The molecule has 3 rings (SSSR count). The van der Waals surface area contributed by atoms with Crippen LogP contribution in [0.1, 0.15) is 33.1 Å². The average molecular weight is 353 g/mol. The van der Waals surface area contributed by atoms with Crippen LogP contribution in [0.25, 0.3) is 11.2 Å². The van der Waals surface area contributed by atoms with E-state index in [-0.39, 0.29) is 5.91 Å². The number of fused-ring (bicyclic) bond motifs is 1. The molecule has 2 N–H and O–H groups in total. The highest BCUT2D eigenvalue weighted by atomic mass is 35.5. The zero-order valence-electron chi connectivity index (χ0n) is 13.3. The predicted molar refractivity (Wildman–Crippen MR) is 93.7 cm³/mol. The van der Waals surface area contributed by atoms with Crippen molar-refractivity contribution in [2.24, 2.45) is 11.8 Å². The molecule has 1 aliphatic rings. The highest BCUT2D eigenvalue weighted by Gasteiger charge is 2.28. The third-order valence-electron chi connectivity index (χ3n) is 4.68. The minimum atomic E-state index is 0.0624.